The molecule has 1 aliphatic heterocycles. The van der Waals surface area contributed by atoms with Gasteiger partial charge in [-0.2, -0.15) is 0 Å². The first kappa shape index (κ1) is 23.4. The molecule has 1 fully saturated rings. The Labute approximate surface area is 199 Å². The molecule has 35 heavy (non-hydrogen) atoms. The molecular weight excluding hydrogens is 455 g/mol. The molecule has 1 saturated heterocycles. The van der Waals surface area contributed by atoms with E-state index in [0.717, 1.165) is 4.90 Å². The van der Waals surface area contributed by atoms with Crippen molar-refractivity contribution < 1.29 is 33.0 Å². The second-order valence-corrected chi connectivity index (χ2v) is 7.45. The molecular formula is C26H19FN2O6. The zero-order chi connectivity index (χ0) is 24.9. The normalized spacial score (nSPS) is 14.6. The summed E-state index contributed by atoms with van der Waals surface area (Å²) in [5.41, 5.74) is 1.09. The summed E-state index contributed by atoms with van der Waals surface area (Å²) in [6.07, 6.45) is 1.35. The molecule has 1 heterocycles. The monoisotopic (exact) mass is 474 g/mol. The fourth-order valence-electron chi connectivity index (χ4n) is 3.36. The smallest absolute Gasteiger partial charge is 0.337 e. The number of esters is 1. The van der Waals surface area contributed by atoms with Crippen molar-refractivity contribution in [2.24, 2.45) is 0 Å². The van der Waals surface area contributed by atoms with Gasteiger partial charge in [0.1, 0.15) is 23.7 Å². The summed E-state index contributed by atoms with van der Waals surface area (Å²) >= 11 is 0. The van der Waals surface area contributed by atoms with Crippen LogP contribution < -0.4 is 15.0 Å². The number of nitrogens with zero attached hydrogens (tertiary/aromatic N) is 1. The van der Waals surface area contributed by atoms with E-state index in [1.165, 1.54) is 43.5 Å². The van der Waals surface area contributed by atoms with E-state index >= 15 is 0 Å². The molecule has 0 atom stereocenters. The summed E-state index contributed by atoms with van der Waals surface area (Å²) < 4.78 is 24.0. The maximum absolute atomic E-state index is 13.7. The molecule has 1 aliphatic rings. The van der Waals surface area contributed by atoms with Crippen molar-refractivity contribution in [1.82, 2.24) is 5.32 Å². The molecule has 0 saturated carbocycles. The first-order valence-electron chi connectivity index (χ1n) is 10.4. The second kappa shape index (κ2) is 10.0. The summed E-state index contributed by atoms with van der Waals surface area (Å²) in [5, 5.41) is 2.14. The van der Waals surface area contributed by atoms with Crippen molar-refractivity contribution in [3.05, 3.63) is 101 Å². The van der Waals surface area contributed by atoms with Crippen molar-refractivity contribution in [3.63, 3.8) is 0 Å². The van der Waals surface area contributed by atoms with Crippen LogP contribution in [0.25, 0.3) is 6.08 Å². The highest BCUT2D eigenvalue weighted by atomic mass is 19.1. The Balaban J connectivity index is 1.51. The molecule has 8 nitrogen and oxygen atoms in total. The van der Waals surface area contributed by atoms with Crippen molar-refractivity contribution in [1.29, 1.82) is 0 Å². The molecule has 4 rings (SSSR count). The van der Waals surface area contributed by atoms with Gasteiger partial charge in [-0.1, -0.05) is 30.3 Å². The predicted octanol–water partition coefficient (Wildman–Crippen LogP) is 3.86. The van der Waals surface area contributed by atoms with Crippen LogP contribution >= 0.6 is 0 Å². The van der Waals surface area contributed by atoms with Gasteiger partial charge in [-0.15, -0.1) is 0 Å². The number of anilines is 1. The number of barbiturate groups is 1. The van der Waals surface area contributed by atoms with Crippen molar-refractivity contribution in [3.8, 4) is 5.75 Å². The van der Waals surface area contributed by atoms with Gasteiger partial charge in [0.25, 0.3) is 11.8 Å². The Kier molecular flexibility index (Phi) is 6.68. The van der Waals surface area contributed by atoms with E-state index in [9.17, 15) is 23.6 Å². The summed E-state index contributed by atoms with van der Waals surface area (Å²) in [7, 11) is 1.24. The SMILES string of the molecule is COC(=O)c1ccc(N2C(=O)NC(=O)/C(=C/c3ccc(OCc4ccccc4F)cc3)C2=O)cc1. The number of ether oxygens (including phenoxy) is 2. The lowest BCUT2D eigenvalue weighted by atomic mass is 10.1. The molecule has 0 aromatic heterocycles. The van der Waals surface area contributed by atoms with Gasteiger partial charge in [-0.05, 0) is 54.1 Å². The summed E-state index contributed by atoms with van der Waals surface area (Å²) in [4.78, 5) is 50.2. The zero-order valence-corrected chi connectivity index (χ0v) is 18.5. The quantitative estimate of drug-likeness (QED) is 0.331. The van der Waals surface area contributed by atoms with E-state index < -0.39 is 23.8 Å². The number of nitrogens with one attached hydrogen (secondary N) is 1. The van der Waals surface area contributed by atoms with Gasteiger partial charge in [0.05, 0.1) is 18.4 Å². The van der Waals surface area contributed by atoms with E-state index in [1.54, 1.807) is 42.5 Å². The fraction of sp³-hybridized carbons (Fsp3) is 0.0769. The number of imide groups is 2. The predicted molar refractivity (Wildman–Crippen MR) is 124 cm³/mol. The molecule has 0 unspecified atom stereocenters. The van der Waals surface area contributed by atoms with Gasteiger partial charge < -0.3 is 9.47 Å². The van der Waals surface area contributed by atoms with Gasteiger partial charge in [0.15, 0.2) is 0 Å². The lowest BCUT2D eigenvalue weighted by Crippen LogP contribution is -2.54. The number of halogens is 1. The largest absolute Gasteiger partial charge is 0.489 e. The van der Waals surface area contributed by atoms with Gasteiger partial charge in [-0.3, -0.25) is 14.9 Å². The highest BCUT2D eigenvalue weighted by Gasteiger charge is 2.36. The van der Waals surface area contributed by atoms with E-state index in [4.69, 9.17) is 4.74 Å². The third-order valence-corrected chi connectivity index (χ3v) is 5.19. The van der Waals surface area contributed by atoms with Crippen molar-refractivity contribution >= 4 is 35.6 Å². The zero-order valence-electron chi connectivity index (χ0n) is 18.5. The molecule has 1 N–H and O–H groups in total. The third kappa shape index (κ3) is 5.09. The molecule has 0 radical (unpaired) electrons. The number of urea groups is 1. The number of benzene rings is 3. The maximum Gasteiger partial charge on any atom is 0.337 e. The number of carbonyl (C=O) groups excluding carboxylic acids is 4. The molecule has 0 spiro atoms. The fourth-order valence-corrected chi connectivity index (χ4v) is 3.36. The van der Waals surface area contributed by atoms with Gasteiger partial charge in [0.2, 0.25) is 0 Å². The van der Waals surface area contributed by atoms with Crippen LogP contribution in [0.4, 0.5) is 14.9 Å². The van der Waals surface area contributed by atoms with Gasteiger partial charge >= 0.3 is 12.0 Å². The van der Waals surface area contributed by atoms with Crippen molar-refractivity contribution in [2.45, 2.75) is 6.61 Å². The Morgan fingerprint density at radius 2 is 1.66 bits per heavy atom. The minimum atomic E-state index is -0.903. The van der Waals surface area contributed by atoms with Crippen molar-refractivity contribution in [2.75, 3.05) is 12.0 Å². The van der Waals surface area contributed by atoms with Gasteiger partial charge in [0, 0.05) is 5.56 Å². The maximum atomic E-state index is 13.7. The Bertz CT molecular complexity index is 1330. The second-order valence-electron chi connectivity index (χ2n) is 7.45. The summed E-state index contributed by atoms with van der Waals surface area (Å²) in [6.45, 7) is 0.0415. The molecule has 176 valence electrons. The Morgan fingerprint density at radius 1 is 0.971 bits per heavy atom. The third-order valence-electron chi connectivity index (χ3n) is 5.19. The highest BCUT2D eigenvalue weighted by molar-refractivity contribution is 6.39. The van der Waals surface area contributed by atoms with E-state index in [2.05, 4.69) is 10.1 Å². The molecule has 3 aromatic carbocycles. The topological polar surface area (TPSA) is 102 Å². The summed E-state index contributed by atoms with van der Waals surface area (Å²) in [5.74, 6) is -2.11. The average Bonchev–Trinajstić information content (AvgIpc) is 2.86. The average molecular weight is 474 g/mol. The van der Waals surface area contributed by atoms with Crippen LogP contribution in [0.5, 0.6) is 5.75 Å². The minimum absolute atomic E-state index is 0.0415. The number of hydrogen-bond acceptors (Lipinski definition) is 6. The molecule has 9 heteroatoms. The Hall–Kier alpha value is -4.79. The first-order valence-corrected chi connectivity index (χ1v) is 10.4. The van der Waals surface area contributed by atoms with Crippen LogP contribution in [0.2, 0.25) is 0 Å². The van der Waals surface area contributed by atoms with E-state index in [1.807, 2.05) is 0 Å². The standard InChI is InChI=1S/C26H19FN2O6/c1-34-25(32)17-8-10-19(11-9-17)29-24(31)21(23(30)28-26(29)33)14-16-6-12-20(13-7-16)35-15-18-4-2-3-5-22(18)27/h2-14H,15H2,1H3,(H,28,30,33)/b21-14-. The van der Waals surface area contributed by atoms with E-state index in [-0.39, 0.29) is 29.2 Å². The number of hydrogen-bond donors (Lipinski definition) is 1. The first-order chi connectivity index (χ1) is 16.9. The number of carbonyl (C=O) groups is 4. The van der Waals surface area contributed by atoms with Crippen LogP contribution in [0.3, 0.4) is 0 Å². The number of rotatable bonds is 6. The van der Waals surface area contributed by atoms with Crippen LogP contribution in [-0.4, -0.2) is 30.9 Å². The molecule has 0 aliphatic carbocycles. The summed E-state index contributed by atoms with van der Waals surface area (Å²) in [6, 6.07) is 17.5. The number of amides is 4. The van der Waals surface area contributed by atoms with Crippen LogP contribution in [0, 0.1) is 5.82 Å². The lowest BCUT2D eigenvalue weighted by molar-refractivity contribution is -0.122. The Morgan fingerprint density at radius 3 is 2.31 bits per heavy atom. The molecule has 3 aromatic rings. The molecule has 0 bridgehead atoms. The lowest BCUT2D eigenvalue weighted by Gasteiger charge is -2.26. The van der Waals surface area contributed by atoms with Crippen LogP contribution in [0.15, 0.2) is 78.4 Å². The van der Waals surface area contributed by atoms with E-state index in [0.29, 0.717) is 16.9 Å². The number of methoxy groups -OCH3 is 1. The van der Waals surface area contributed by atoms with Gasteiger partial charge in [-0.25, -0.2) is 18.9 Å². The highest BCUT2D eigenvalue weighted by Crippen LogP contribution is 2.23. The minimum Gasteiger partial charge on any atom is -0.489 e. The van der Waals surface area contributed by atoms with Crippen LogP contribution in [0.1, 0.15) is 21.5 Å². The van der Waals surface area contributed by atoms with Crippen LogP contribution in [-0.2, 0) is 20.9 Å². The molecule has 4 amide bonds.